The molecule has 0 aliphatic carbocycles. The summed E-state index contributed by atoms with van der Waals surface area (Å²) in [5, 5.41) is 0. The molecule has 3 heterocycles. The second-order valence-electron chi connectivity index (χ2n) is 5.47. The molecule has 0 amide bonds. The summed E-state index contributed by atoms with van der Waals surface area (Å²) in [6.07, 6.45) is -1.53. The number of pyridine rings is 1. The SMILES string of the molecule is Fc1cnc(N2CCC(COc3cccc(C(F)(F)F)n3)C2)nc1. The van der Waals surface area contributed by atoms with Gasteiger partial charge in [0.2, 0.25) is 11.8 Å². The summed E-state index contributed by atoms with van der Waals surface area (Å²) in [4.78, 5) is 13.2. The van der Waals surface area contributed by atoms with Gasteiger partial charge in [-0.3, -0.25) is 0 Å². The van der Waals surface area contributed by atoms with Crippen LogP contribution in [-0.4, -0.2) is 34.6 Å². The van der Waals surface area contributed by atoms with Crippen LogP contribution in [0.15, 0.2) is 30.6 Å². The summed E-state index contributed by atoms with van der Waals surface area (Å²) < 4.78 is 56.0. The van der Waals surface area contributed by atoms with E-state index in [1.54, 1.807) is 0 Å². The second-order valence-corrected chi connectivity index (χ2v) is 5.47. The first-order chi connectivity index (χ1) is 11.4. The van der Waals surface area contributed by atoms with E-state index in [2.05, 4.69) is 15.0 Å². The highest BCUT2D eigenvalue weighted by Crippen LogP contribution is 2.29. The van der Waals surface area contributed by atoms with Gasteiger partial charge in [0.1, 0.15) is 5.69 Å². The molecule has 0 aromatic carbocycles. The normalized spacial score (nSPS) is 18.0. The molecule has 9 heteroatoms. The average molecular weight is 342 g/mol. The van der Waals surface area contributed by atoms with Gasteiger partial charge in [-0.1, -0.05) is 6.07 Å². The fourth-order valence-corrected chi connectivity index (χ4v) is 2.48. The summed E-state index contributed by atoms with van der Waals surface area (Å²) in [6, 6.07) is 3.56. The minimum atomic E-state index is -4.50. The average Bonchev–Trinajstić information content (AvgIpc) is 3.02. The molecule has 0 saturated carbocycles. The van der Waals surface area contributed by atoms with E-state index in [1.165, 1.54) is 12.1 Å². The smallest absolute Gasteiger partial charge is 0.433 e. The third kappa shape index (κ3) is 3.90. The minimum absolute atomic E-state index is 0.0543. The van der Waals surface area contributed by atoms with Crippen molar-refractivity contribution >= 4 is 5.95 Å². The van der Waals surface area contributed by atoms with E-state index < -0.39 is 17.7 Å². The molecule has 1 aliphatic rings. The molecule has 1 aliphatic heterocycles. The Bertz CT molecular complexity index is 693. The minimum Gasteiger partial charge on any atom is -0.477 e. The summed E-state index contributed by atoms with van der Waals surface area (Å²) in [7, 11) is 0. The number of anilines is 1. The van der Waals surface area contributed by atoms with Crippen LogP contribution in [0.1, 0.15) is 12.1 Å². The van der Waals surface area contributed by atoms with Gasteiger partial charge in [-0.2, -0.15) is 13.2 Å². The molecule has 1 saturated heterocycles. The summed E-state index contributed by atoms with van der Waals surface area (Å²) in [5.74, 6) is -0.0270. The molecule has 128 valence electrons. The van der Waals surface area contributed by atoms with Crippen LogP contribution in [0.4, 0.5) is 23.5 Å². The quantitative estimate of drug-likeness (QED) is 0.800. The molecular formula is C15H14F4N4O. The monoisotopic (exact) mass is 342 g/mol. The van der Waals surface area contributed by atoms with E-state index in [4.69, 9.17) is 4.74 Å². The molecule has 5 nitrogen and oxygen atoms in total. The lowest BCUT2D eigenvalue weighted by Crippen LogP contribution is -2.23. The summed E-state index contributed by atoms with van der Waals surface area (Å²) >= 11 is 0. The lowest BCUT2D eigenvalue weighted by Gasteiger charge is -2.16. The van der Waals surface area contributed by atoms with E-state index in [9.17, 15) is 17.6 Å². The Kier molecular flexibility index (Phi) is 4.50. The molecule has 2 aromatic heterocycles. The van der Waals surface area contributed by atoms with Crippen molar-refractivity contribution in [2.45, 2.75) is 12.6 Å². The second kappa shape index (κ2) is 6.58. The predicted molar refractivity (Wildman–Crippen MR) is 77.0 cm³/mol. The fraction of sp³-hybridized carbons (Fsp3) is 0.400. The number of alkyl halides is 3. The molecule has 24 heavy (non-hydrogen) atoms. The number of halogens is 4. The number of aromatic nitrogens is 3. The van der Waals surface area contributed by atoms with Gasteiger partial charge in [0.15, 0.2) is 5.82 Å². The van der Waals surface area contributed by atoms with E-state index in [1.807, 2.05) is 4.90 Å². The Morgan fingerprint density at radius 1 is 1.21 bits per heavy atom. The van der Waals surface area contributed by atoms with Gasteiger partial charge >= 0.3 is 6.18 Å². The first kappa shape index (κ1) is 16.4. The standard InChI is InChI=1S/C15H14F4N4O/c16-11-6-20-14(21-7-11)23-5-4-10(8-23)9-24-13-3-1-2-12(22-13)15(17,18)19/h1-3,6-7,10H,4-5,8-9H2. The van der Waals surface area contributed by atoms with E-state index in [-0.39, 0.29) is 18.4 Å². The third-order valence-electron chi connectivity index (χ3n) is 3.66. The van der Waals surface area contributed by atoms with Crippen molar-refractivity contribution in [3.05, 3.63) is 42.1 Å². The number of nitrogens with zero attached hydrogens (tertiary/aromatic N) is 4. The van der Waals surface area contributed by atoms with Crippen molar-refractivity contribution in [1.82, 2.24) is 15.0 Å². The number of hydrogen-bond acceptors (Lipinski definition) is 5. The molecule has 2 aromatic rings. The third-order valence-corrected chi connectivity index (χ3v) is 3.66. The Labute approximate surface area is 135 Å². The fourth-order valence-electron chi connectivity index (χ4n) is 2.48. The Morgan fingerprint density at radius 3 is 2.67 bits per heavy atom. The van der Waals surface area contributed by atoms with Crippen LogP contribution in [0, 0.1) is 11.7 Å². The maximum absolute atomic E-state index is 12.8. The molecule has 0 N–H and O–H groups in total. The molecule has 1 unspecified atom stereocenters. The molecule has 3 rings (SSSR count). The summed E-state index contributed by atoms with van der Waals surface area (Å²) in [5.41, 5.74) is -0.979. The van der Waals surface area contributed by atoms with Crippen LogP contribution >= 0.6 is 0 Å². The lowest BCUT2D eigenvalue weighted by molar-refractivity contribution is -0.141. The van der Waals surface area contributed by atoms with Crippen molar-refractivity contribution in [2.75, 3.05) is 24.6 Å². The van der Waals surface area contributed by atoms with Crippen LogP contribution in [-0.2, 0) is 6.18 Å². The highest BCUT2D eigenvalue weighted by atomic mass is 19.4. The maximum atomic E-state index is 12.8. The van der Waals surface area contributed by atoms with Crippen LogP contribution in [0.2, 0.25) is 0 Å². The van der Waals surface area contributed by atoms with Crippen LogP contribution < -0.4 is 9.64 Å². The van der Waals surface area contributed by atoms with Gasteiger partial charge in [0.25, 0.3) is 0 Å². The van der Waals surface area contributed by atoms with Crippen LogP contribution in [0.25, 0.3) is 0 Å². The van der Waals surface area contributed by atoms with Crippen molar-refractivity contribution in [3.8, 4) is 5.88 Å². The first-order valence-electron chi connectivity index (χ1n) is 7.31. The molecule has 0 spiro atoms. The zero-order valence-electron chi connectivity index (χ0n) is 12.5. The Hall–Kier alpha value is -2.45. The van der Waals surface area contributed by atoms with Crippen LogP contribution in [0.5, 0.6) is 5.88 Å². The zero-order chi connectivity index (χ0) is 17.2. The van der Waals surface area contributed by atoms with Crippen molar-refractivity contribution in [3.63, 3.8) is 0 Å². The maximum Gasteiger partial charge on any atom is 0.433 e. The van der Waals surface area contributed by atoms with Gasteiger partial charge < -0.3 is 9.64 Å². The largest absolute Gasteiger partial charge is 0.477 e. The van der Waals surface area contributed by atoms with Crippen molar-refractivity contribution in [2.24, 2.45) is 5.92 Å². The molecule has 0 bridgehead atoms. The highest BCUT2D eigenvalue weighted by Gasteiger charge is 2.33. The molecule has 1 fully saturated rings. The van der Waals surface area contributed by atoms with E-state index in [0.29, 0.717) is 19.0 Å². The molecular weight excluding hydrogens is 328 g/mol. The van der Waals surface area contributed by atoms with Gasteiger partial charge in [-0.05, 0) is 12.5 Å². The number of ether oxygens (including phenoxy) is 1. The lowest BCUT2D eigenvalue weighted by atomic mass is 10.1. The van der Waals surface area contributed by atoms with Crippen LogP contribution in [0.3, 0.4) is 0 Å². The van der Waals surface area contributed by atoms with Gasteiger partial charge in [-0.25, -0.2) is 19.3 Å². The topological polar surface area (TPSA) is 51.1 Å². The Balaban J connectivity index is 1.56. The summed E-state index contributed by atoms with van der Waals surface area (Å²) in [6.45, 7) is 1.51. The zero-order valence-corrected chi connectivity index (χ0v) is 12.5. The molecule has 0 radical (unpaired) electrons. The number of hydrogen-bond donors (Lipinski definition) is 0. The van der Waals surface area contributed by atoms with Crippen molar-refractivity contribution in [1.29, 1.82) is 0 Å². The molecule has 1 atom stereocenters. The first-order valence-corrected chi connectivity index (χ1v) is 7.31. The van der Waals surface area contributed by atoms with Gasteiger partial charge in [-0.15, -0.1) is 0 Å². The number of rotatable bonds is 4. The van der Waals surface area contributed by atoms with Gasteiger partial charge in [0.05, 0.1) is 19.0 Å². The Morgan fingerprint density at radius 2 is 1.96 bits per heavy atom. The predicted octanol–water partition coefficient (Wildman–Crippen LogP) is 2.93. The highest BCUT2D eigenvalue weighted by molar-refractivity contribution is 5.30. The van der Waals surface area contributed by atoms with E-state index >= 15 is 0 Å². The van der Waals surface area contributed by atoms with Crippen molar-refractivity contribution < 1.29 is 22.3 Å². The van der Waals surface area contributed by atoms with E-state index in [0.717, 1.165) is 24.9 Å². The van der Waals surface area contributed by atoms with Gasteiger partial charge in [0, 0.05) is 25.1 Å².